The lowest BCUT2D eigenvalue weighted by Crippen LogP contribution is -2.55. The highest BCUT2D eigenvalue weighted by Gasteiger charge is 2.27. The molecule has 10 heteroatoms. The summed E-state index contributed by atoms with van der Waals surface area (Å²) in [6.07, 6.45) is 0.255. The number of carbonyl (C=O) groups is 3. The highest BCUT2D eigenvalue weighted by atomic mass is 16.5. The van der Waals surface area contributed by atoms with Crippen molar-refractivity contribution >= 4 is 17.9 Å². The maximum atomic E-state index is 13.1. The van der Waals surface area contributed by atoms with E-state index in [0.29, 0.717) is 31.9 Å². The Hall–Kier alpha value is -3.94. The standard InChI is InChI=1S/C26H30N4O6/c1-18-4-2-5-19(12-18)14-23(29-26(34)30-8-10-35-11-9-30)24(31)28-22(15-27)17-36-16-20-6-3-7-21(13-20)25(32)33/h2-7,12-13,22-23H,8-11,14,16-17H2,1H3,(H,28,31)(H,29,34)(H,32,33)/t22-,23+/m1/s1. The summed E-state index contributed by atoms with van der Waals surface area (Å²) in [5.41, 5.74) is 2.67. The second kappa shape index (κ2) is 13.2. The molecule has 3 N–H and O–H groups in total. The number of benzene rings is 2. The molecule has 1 fully saturated rings. The summed E-state index contributed by atoms with van der Waals surface area (Å²) < 4.78 is 10.8. The molecule has 1 heterocycles. The Kier molecular flexibility index (Phi) is 9.80. The van der Waals surface area contributed by atoms with E-state index < -0.39 is 24.0 Å². The number of amides is 3. The fraction of sp³-hybridized carbons (Fsp3) is 0.385. The molecule has 0 radical (unpaired) electrons. The van der Waals surface area contributed by atoms with Gasteiger partial charge in [0.1, 0.15) is 12.1 Å². The maximum absolute atomic E-state index is 13.1. The van der Waals surface area contributed by atoms with Crippen molar-refractivity contribution in [1.82, 2.24) is 15.5 Å². The van der Waals surface area contributed by atoms with Crippen molar-refractivity contribution in [2.45, 2.75) is 32.0 Å². The Bertz CT molecular complexity index is 1110. The summed E-state index contributed by atoms with van der Waals surface area (Å²) in [4.78, 5) is 38.6. The summed E-state index contributed by atoms with van der Waals surface area (Å²) in [7, 11) is 0. The largest absolute Gasteiger partial charge is 0.478 e. The summed E-state index contributed by atoms with van der Waals surface area (Å²) in [6.45, 7) is 3.66. The Morgan fingerprint density at radius 1 is 1.11 bits per heavy atom. The van der Waals surface area contributed by atoms with Crippen LogP contribution in [0.4, 0.5) is 4.79 Å². The van der Waals surface area contributed by atoms with E-state index in [4.69, 9.17) is 14.6 Å². The van der Waals surface area contributed by atoms with Crippen LogP contribution in [0.1, 0.15) is 27.0 Å². The first-order chi connectivity index (χ1) is 17.4. The molecule has 3 rings (SSSR count). The molecule has 3 amide bonds. The smallest absolute Gasteiger partial charge is 0.335 e. The molecule has 190 valence electrons. The third-order valence-electron chi connectivity index (χ3n) is 5.63. The third kappa shape index (κ3) is 8.08. The molecule has 1 aliphatic rings. The monoisotopic (exact) mass is 494 g/mol. The van der Waals surface area contributed by atoms with Crippen molar-refractivity contribution in [3.8, 4) is 6.07 Å². The summed E-state index contributed by atoms with van der Waals surface area (Å²) in [5, 5.41) is 24.1. The first kappa shape index (κ1) is 26.7. The van der Waals surface area contributed by atoms with Crippen LogP contribution in [-0.4, -0.2) is 72.9 Å². The molecular formula is C26H30N4O6. The predicted molar refractivity (Wildman–Crippen MR) is 130 cm³/mol. The van der Waals surface area contributed by atoms with Gasteiger partial charge in [-0.3, -0.25) is 4.79 Å². The number of aromatic carboxylic acids is 1. The number of nitrogens with zero attached hydrogens (tertiary/aromatic N) is 2. The van der Waals surface area contributed by atoms with Crippen molar-refractivity contribution in [2.75, 3.05) is 32.9 Å². The van der Waals surface area contributed by atoms with Crippen LogP contribution in [0.15, 0.2) is 48.5 Å². The van der Waals surface area contributed by atoms with Gasteiger partial charge in [0.05, 0.1) is 38.1 Å². The van der Waals surface area contributed by atoms with Gasteiger partial charge in [0.15, 0.2) is 0 Å². The molecule has 36 heavy (non-hydrogen) atoms. The van der Waals surface area contributed by atoms with Crippen molar-refractivity contribution in [3.63, 3.8) is 0 Å². The van der Waals surface area contributed by atoms with E-state index in [-0.39, 0.29) is 31.2 Å². The number of hydrogen-bond donors (Lipinski definition) is 3. The van der Waals surface area contributed by atoms with Gasteiger partial charge in [0.25, 0.3) is 0 Å². The number of nitrogens with one attached hydrogen (secondary N) is 2. The number of aryl methyl sites for hydroxylation is 1. The summed E-state index contributed by atoms with van der Waals surface area (Å²) in [5.74, 6) is -1.54. The molecule has 2 aromatic carbocycles. The molecule has 10 nitrogen and oxygen atoms in total. The molecule has 0 unspecified atom stereocenters. The Morgan fingerprint density at radius 3 is 2.53 bits per heavy atom. The lowest BCUT2D eigenvalue weighted by molar-refractivity contribution is -0.123. The van der Waals surface area contributed by atoms with Crippen molar-refractivity contribution in [1.29, 1.82) is 5.26 Å². The highest BCUT2D eigenvalue weighted by Crippen LogP contribution is 2.10. The average Bonchev–Trinajstić information content (AvgIpc) is 2.88. The van der Waals surface area contributed by atoms with Crippen molar-refractivity contribution in [3.05, 3.63) is 70.8 Å². The van der Waals surface area contributed by atoms with Gasteiger partial charge in [-0.1, -0.05) is 42.0 Å². The lowest BCUT2D eigenvalue weighted by Gasteiger charge is -2.29. The normalized spacial score (nSPS) is 14.8. The van der Waals surface area contributed by atoms with Crippen LogP contribution in [0.25, 0.3) is 0 Å². The number of hydrogen-bond acceptors (Lipinski definition) is 6. The fourth-order valence-electron chi connectivity index (χ4n) is 3.76. The Balaban J connectivity index is 1.62. The first-order valence-electron chi connectivity index (χ1n) is 11.6. The SMILES string of the molecule is Cc1cccc(C[C@H](NC(=O)N2CCOCC2)C(=O)N[C@H](C#N)COCc2cccc(C(=O)O)c2)c1. The number of rotatable bonds is 10. The van der Waals surface area contributed by atoms with Crippen LogP contribution in [0.5, 0.6) is 0 Å². The van der Waals surface area contributed by atoms with E-state index in [1.54, 1.807) is 17.0 Å². The van der Waals surface area contributed by atoms with E-state index >= 15 is 0 Å². The van der Waals surface area contributed by atoms with E-state index in [2.05, 4.69) is 10.6 Å². The molecule has 0 aromatic heterocycles. The fourth-order valence-corrected chi connectivity index (χ4v) is 3.76. The third-order valence-corrected chi connectivity index (χ3v) is 5.63. The van der Waals surface area contributed by atoms with Crippen LogP contribution >= 0.6 is 0 Å². The zero-order valence-corrected chi connectivity index (χ0v) is 20.1. The number of morpholine rings is 1. The number of carboxylic acid groups (broad SMARTS) is 1. The minimum absolute atomic E-state index is 0.0790. The van der Waals surface area contributed by atoms with Gasteiger partial charge in [0.2, 0.25) is 5.91 Å². The predicted octanol–water partition coefficient (Wildman–Crippen LogP) is 1.87. The Morgan fingerprint density at radius 2 is 1.83 bits per heavy atom. The second-order valence-electron chi connectivity index (χ2n) is 8.51. The van der Waals surface area contributed by atoms with Gasteiger partial charge >= 0.3 is 12.0 Å². The van der Waals surface area contributed by atoms with Crippen molar-refractivity contribution in [2.24, 2.45) is 0 Å². The van der Waals surface area contributed by atoms with Crippen LogP contribution in [0, 0.1) is 18.3 Å². The molecule has 2 aromatic rings. The minimum atomic E-state index is -1.04. The molecule has 0 aliphatic carbocycles. The number of carbonyl (C=O) groups excluding carboxylic acids is 2. The lowest BCUT2D eigenvalue weighted by atomic mass is 10.0. The topological polar surface area (TPSA) is 141 Å². The number of carboxylic acids is 1. The summed E-state index contributed by atoms with van der Waals surface area (Å²) in [6, 6.07) is 13.7. The number of ether oxygens (including phenoxy) is 2. The van der Waals surface area contributed by atoms with Gasteiger partial charge in [-0.25, -0.2) is 9.59 Å². The molecule has 1 saturated heterocycles. The Labute approximate surface area is 209 Å². The van der Waals surface area contributed by atoms with Gasteiger partial charge in [-0.2, -0.15) is 5.26 Å². The molecule has 0 bridgehead atoms. The average molecular weight is 495 g/mol. The summed E-state index contributed by atoms with van der Waals surface area (Å²) >= 11 is 0. The van der Waals surface area contributed by atoms with Gasteiger partial charge in [-0.15, -0.1) is 0 Å². The molecular weight excluding hydrogens is 464 g/mol. The molecule has 0 saturated carbocycles. The molecule has 1 aliphatic heterocycles. The maximum Gasteiger partial charge on any atom is 0.335 e. The van der Waals surface area contributed by atoms with E-state index in [9.17, 15) is 19.6 Å². The zero-order valence-electron chi connectivity index (χ0n) is 20.1. The second-order valence-corrected chi connectivity index (χ2v) is 8.51. The minimum Gasteiger partial charge on any atom is -0.478 e. The van der Waals surface area contributed by atoms with E-state index in [1.165, 1.54) is 12.1 Å². The van der Waals surface area contributed by atoms with E-state index in [0.717, 1.165) is 11.1 Å². The molecule has 0 spiro atoms. The van der Waals surface area contributed by atoms with Crippen molar-refractivity contribution < 1.29 is 29.0 Å². The van der Waals surface area contributed by atoms with E-state index in [1.807, 2.05) is 37.3 Å². The number of urea groups is 1. The zero-order chi connectivity index (χ0) is 25.9. The first-order valence-corrected chi connectivity index (χ1v) is 11.6. The quantitative estimate of drug-likeness (QED) is 0.458. The number of nitriles is 1. The van der Waals surface area contributed by atoms with Crippen LogP contribution in [-0.2, 0) is 27.3 Å². The van der Waals surface area contributed by atoms with Gasteiger partial charge in [-0.05, 0) is 30.2 Å². The van der Waals surface area contributed by atoms with Crippen LogP contribution in [0.2, 0.25) is 0 Å². The van der Waals surface area contributed by atoms with Gasteiger partial charge in [0, 0.05) is 19.5 Å². The van der Waals surface area contributed by atoms with Crippen LogP contribution < -0.4 is 10.6 Å². The van der Waals surface area contributed by atoms with Gasteiger partial charge < -0.3 is 30.1 Å². The molecule has 2 atom stereocenters. The highest BCUT2D eigenvalue weighted by molar-refractivity contribution is 5.88. The van der Waals surface area contributed by atoms with Crippen LogP contribution in [0.3, 0.4) is 0 Å².